The van der Waals surface area contributed by atoms with E-state index in [4.69, 9.17) is 6.42 Å². The van der Waals surface area contributed by atoms with Crippen LogP contribution in [0.5, 0.6) is 0 Å². The molecule has 0 spiro atoms. The first-order chi connectivity index (χ1) is 5.70. The summed E-state index contributed by atoms with van der Waals surface area (Å²) >= 11 is 3.30. The van der Waals surface area contributed by atoms with Crippen molar-refractivity contribution < 1.29 is 4.79 Å². The zero-order valence-electron chi connectivity index (χ0n) is 7.27. The van der Waals surface area contributed by atoms with Crippen molar-refractivity contribution in [1.82, 2.24) is 5.32 Å². The quantitative estimate of drug-likeness (QED) is 0.436. The highest BCUT2D eigenvalue weighted by Gasteiger charge is 2.02. The van der Waals surface area contributed by atoms with Crippen LogP contribution in [0.4, 0.5) is 0 Å². The van der Waals surface area contributed by atoms with Crippen molar-refractivity contribution >= 4 is 21.8 Å². The molecule has 0 aliphatic heterocycles. The van der Waals surface area contributed by atoms with Crippen molar-refractivity contribution in [2.45, 2.75) is 32.2 Å². The second kappa shape index (κ2) is 7.17. The lowest BCUT2D eigenvalue weighted by Crippen LogP contribution is -2.30. The van der Waals surface area contributed by atoms with Gasteiger partial charge in [0.05, 0.1) is 6.04 Å². The van der Waals surface area contributed by atoms with Gasteiger partial charge in [0.1, 0.15) is 0 Å². The number of hydrogen-bond donors (Lipinski definition) is 1. The van der Waals surface area contributed by atoms with Crippen molar-refractivity contribution in [3.8, 4) is 12.3 Å². The fourth-order valence-electron chi connectivity index (χ4n) is 0.735. The molecule has 1 atom stereocenters. The van der Waals surface area contributed by atoms with Gasteiger partial charge in [-0.15, -0.1) is 6.42 Å². The Morgan fingerprint density at radius 1 is 1.67 bits per heavy atom. The van der Waals surface area contributed by atoms with Gasteiger partial charge in [-0.25, -0.2) is 0 Å². The molecule has 0 aromatic rings. The molecular formula is C9H14BrNO. The van der Waals surface area contributed by atoms with Crippen LogP contribution in [0.2, 0.25) is 0 Å². The molecule has 0 saturated heterocycles. The van der Waals surface area contributed by atoms with Crippen molar-refractivity contribution in [2.24, 2.45) is 0 Å². The molecule has 1 unspecified atom stereocenters. The summed E-state index contributed by atoms with van der Waals surface area (Å²) in [6.45, 7) is 1.79. The van der Waals surface area contributed by atoms with Gasteiger partial charge >= 0.3 is 0 Å². The molecule has 0 rings (SSSR count). The highest BCUT2D eigenvalue weighted by Crippen LogP contribution is 1.98. The SMILES string of the molecule is C#CC(C)NC(=O)CCCCBr. The molecule has 1 N–H and O–H groups in total. The number of halogens is 1. The number of nitrogens with one attached hydrogen (secondary N) is 1. The molecule has 0 heterocycles. The normalized spacial score (nSPS) is 11.8. The van der Waals surface area contributed by atoms with Crippen LogP contribution in [-0.2, 0) is 4.79 Å². The predicted octanol–water partition coefficient (Wildman–Crippen LogP) is 1.69. The van der Waals surface area contributed by atoms with Crippen molar-refractivity contribution in [3.05, 3.63) is 0 Å². The lowest BCUT2D eigenvalue weighted by atomic mass is 10.2. The third-order valence-electron chi connectivity index (χ3n) is 1.41. The second-order valence-electron chi connectivity index (χ2n) is 2.60. The molecule has 0 radical (unpaired) electrons. The molecule has 1 amide bonds. The number of carbonyl (C=O) groups excluding carboxylic acids is 1. The summed E-state index contributed by atoms with van der Waals surface area (Å²) in [5.41, 5.74) is 0. The topological polar surface area (TPSA) is 29.1 Å². The van der Waals surface area contributed by atoms with Crippen LogP contribution < -0.4 is 5.32 Å². The van der Waals surface area contributed by atoms with Crippen molar-refractivity contribution in [1.29, 1.82) is 0 Å². The van der Waals surface area contributed by atoms with Gasteiger partial charge in [-0.05, 0) is 19.8 Å². The predicted molar refractivity (Wildman–Crippen MR) is 54.1 cm³/mol. The summed E-state index contributed by atoms with van der Waals surface area (Å²) in [6.07, 6.45) is 7.61. The minimum absolute atomic E-state index is 0.0430. The summed E-state index contributed by atoms with van der Waals surface area (Å²) < 4.78 is 0. The van der Waals surface area contributed by atoms with E-state index in [0.717, 1.165) is 18.2 Å². The Morgan fingerprint density at radius 3 is 2.83 bits per heavy atom. The summed E-state index contributed by atoms with van der Waals surface area (Å²) in [5.74, 6) is 2.49. The fourth-order valence-corrected chi connectivity index (χ4v) is 1.13. The Kier molecular flexibility index (Phi) is 6.88. The van der Waals surface area contributed by atoms with Gasteiger partial charge in [0.2, 0.25) is 5.91 Å². The minimum atomic E-state index is -0.151. The number of carbonyl (C=O) groups is 1. The van der Waals surface area contributed by atoms with Crippen molar-refractivity contribution in [2.75, 3.05) is 5.33 Å². The second-order valence-corrected chi connectivity index (χ2v) is 3.39. The maximum atomic E-state index is 11.1. The molecule has 68 valence electrons. The zero-order valence-corrected chi connectivity index (χ0v) is 8.86. The number of amides is 1. The van der Waals surface area contributed by atoms with Crippen LogP contribution in [0.15, 0.2) is 0 Å². The van der Waals surface area contributed by atoms with Crippen LogP contribution in [0.1, 0.15) is 26.2 Å². The van der Waals surface area contributed by atoms with E-state index >= 15 is 0 Å². The number of rotatable bonds is 5. The Balaban J connectivity index is 3.41. The van der Waals surface area contributed by atoms with Crippen LogP contribution in [0, 0.1) is 12.3 Å². The van der Waals surface area contributed by atoms with Gasteiger partial charge < -0.3 is 5.32 Å². The first-order valence-corrected chi connectivity index (χ1v) is 5.14. The molecule has 0 bridgehead atoms. The van der Waals surface area contributed by atoms with Gasteiger partial charge in [-0.3, -0.25) is 4.79 Å². The molecule has 0 fully saturated rings. The molecule has 3 heteroatoms. The molecule has 0 aliphatic carbocycles. The largest absolute Gasteiger partial charge is 0.343 e. The smallest absolute Gasteiger partial charge is 0.220 e. The maximum absolute atomic E-state index is 11.1. The van der Waals surface area contributed by atoms with E-state index in [1.807, 2.05) is 0 Å². The first-order valence-electron chi connectivity index (χ1n) is 4.02. The van der Waals surface area contributed by atoms with Crippen LogP contribution in [0.25, 0.3) is 0 Å². The van der Waals surface area contributed by atoms with Crippen LogP contribution in [-0.4, -0.2) is 17.3 Å². The fraction of sp³-hybridized carbons (Fsp3) is 0.667. The molecular weight excluding hydrogens is 218 g/mol. The molecule has 0 aromatic heterocycles. The van der Waals surface area contributed by atoms with Crippen LogP contribution >= 0.6 is 15.9 Å². The first kappa shape index (κ1) is 11.5. The summed E-state index contributed by atoms with van der Waals surface area (Å²) in [5, 5.41) is 3.65. The maximum Gasteiger partial charge on any atom is 0.220 e. The van der Waals surface area contributed by atoms with E-state index in [2.05, 4.69) is 27.2 Å². The average molecular weight is 232 g/mol. The monoisotopic (exact) mass is 231 g/mol. The van der Waals surface area contributed by atoms with E-state index in [-0.39, 0.29) is 11.9 Å². The van der Waals surface area contributed by atoms with E-state index < -0.39 is 0 Å². The van der Waals surface area contributed by atoms with Gasteiger partial charge in [0.25, 0.3) is 0 Å². The lowest BCUT2D eigenvalue weighted by molar-refractivity contribution is -0.121. The van der Waals surface area contributed by atoms with Gasteiger partial charge in [0.15, 0.2) is 0 Å². The number of alkyl halides is 1. The number of terminal acetylenes is 1. The van der Waals surface area contributed by atoms with Gasteiger partial charge in [0, 0.05) is 11.8 Å². The zero-order chi connectivity index (χ0) is 9.40. The number of unbranched alkanes of at least 4 members (excludes halogenated alkanes) is 1. The average Bonchev–Trinajstić information content (AvgIpc) is 2.05. The summed E-state index contributed by atoms with van der Waals surface area (Å²) in [4.78, 5) is 11.1. The highest BCUT2D eigenvalue weighted by atomic mass is 79.9. The standard InChI is InChI=1S/C9H14BrNO/c1-3-8(2)11-9(12)6-4-5-7-10/h1,8H,4-7H2,2H3,(H,11,12). The minimum Gasteiger partial charge on any atom is -0.343 e. The van der Waals surface area contributed by atoms with Gasteiger partial charge in [-0.1, -0.05) is 21.9 Å². The lowest BCUT2D eigenvalue weighted by Gasteiger charge is -2.06. The molecule has 12 heavy (non-hydrogen) atoms. The number of hydrogen-bond acceptors (Lipinski definition) is 1. The summed E-state index contributed by atoms with van der Waals surface area (Å²) in [7, 11) is 0. The van der Waals surface area contributed by atoms with E-state index in [1.165, 1.54) is 0 Å². The van der Waals surface area contributed by atoms with E-state index in [0.29, 0.717) is 6.42 Å². The third kappa shape index (κ3) is 6.23. The highest BCUT2D eigenvalue weighted by molar-refractivity contribution is 9.09. The molecule has 2 nitrogen and oxygen atoms in total. The Labute approximate surface area is 82.2 Å². The summed E-state index contributed by atoms with van der Waals surface area (Å²) in [6, 6.07) is -0.151. The van der Waals surface area contributed by atoms with E-state index in [9.17, 15) is 4.79 Å². The third-order valence-corrected chi connectivity index (χ3v) is 1.98. The Hall–Kier alpha value is -0.490. The Bertz CT molecular complexity index is 174. The molecule has 0 aromatic carbocycles. The van der Waals surface area contributed by atoms with E-state index in [1.54, 1.807) is 6.92 Å². The van der Waals surface area contributed by atoms with Gasteiger partial charge in [-0.2, -0.15) is 0 Å². The Morgan fingerprint density at radius 2 is 2.33 bits per heavy atom. The van der Waals surface area contributed by atoms with Crippen molar-refractivity contribution in [3.63, 3.8) is 0 Å². The van der Waals surface area contributed by atoms with Crippen LogP contribution in [0.3, 0.4) is 0 Å². The molecule has 0 saturated carbocycles. The molecule has 0 aliphatic rings.